The molecule has 0 bridgehead atoms. The van der Waals surface area contributed by atoms with Crippen molar-refractivity contribution in [1.29, 1.82) is 0 Å². The van der Waals surface area contributed by atoms with Gasteiger partial charge in [0, 0.05) is 22.8 Å². The fourth-order valence-corrected chi connectivity index (χ4v) is 4.48. The maximum absolute atomic E-state index is 5.08. The van der Waals surface area contributed by atoms with Crippen LogP contribution in [-0.4, -0.2) is 12.0 Å². The molecule has 1 N–H and O–H groups in total. The first-order chi connectivity index (χ1) is 14.6. The number of benzene rings is 2. The average molecular weight is 437 g/mol. The van der Waals surface area contributed by atoms with Crippen molar-refractivity contribution in [2.75, 3.05) is 11.6 Å². The van der Waals surface area contributed by atoms with Crippen molar-refractivity contribution in [3.63, 3.8) is 0 Å². The summed E-state index contributed by atoms with van der Waals surface area (Å²) in [5, 5.41) is 3.71. The highest BCUT2D eigenvalue weighted by molar-refractivity contribution is 7.97. The summed E-state index contributed by atoms with van der Waals surface area (Å²) in [6.45, 7) is 17.7. The third kappa shape index (κ3) is 6.74. The Morgan fingerprint density at radius 3 is 1.90 bits per heavy atom. The van der Waals surface area contributed by atoms with Crippen LogP contribution in [0.2, 0.25) is 0 Å². The van der Waals surface area contributed by atoms with Crippen LogP contribution in [0.15, 0.2) is 53.2 Å². The topological polar surface area (TPSA) is 24.4 Å². The lowest BCUT2D eigenvalue weighted by atomic mass is 9.92. The zero-order chi connectivity index (χ0) is 23.1. The Hall–Kier alpha value is -2.00. The summed E-state index contributed by atoms with van der Waals surface area (Å²) in [5.74, 6) is 2.36. The first kappa shape index (κ1) is 25.3. The molecule has 0 amide bonds. The largest absolute Gasteiger partial charge is 0.359 e. The quantitative estimate of drug-likeness (QED) is 0.396. The van der Waals surface area contributed by atoms with Gasteiger partial charge in [-0.25, -0.2) is 0 Å². The maximum atomic E-state index is 5.08. The molecule has 0 saturated carbocycles. The summed E-state index contributed by atoms with van der Waals surface area (Å²) in [7, 11) is 0. The minimum Gasteiger partial charge on any atom is -0.359 e. The molecule has 0 atom stereocenters. The Morgan fingerprint density at radius 1 is 0.871 bits per heavy atom. The van der Waals surface area contributed by atoms with Crippen molar-refractivity contribution in [3.05, 3.63) is 70.4 Å². The maximum Gasteiger partial charge on any atom is 0.0707 e. The Kier molecular flexibility index (Phi) is 9.43. The van der Waals surface area contributed by atoms with Crippen LogP contribution < -0.4 is 5.32 Å². The fraction of sp³-hybridized carbons (Fsp3) is 0.464. The van der Waals surface area contributed by atoms with Crippen molar-refractivity contribution in [3.8, 4) is 0 Å². The smallest absolute Gasteiger partial charge is 0.0707 e. The summed E-state index contributed by atoms with van der Waals surface area (Å²) in [6.07, 6.45) is 4.32. The van der Waals surface area contributed by atoms with Crippen molar-refractivity contribution in [1.82, 2.24) is 0 Å². The van der Waals surface area contributed by atoms with Gasteiger partial charge < -0.3 is 5.32 Å². The molecular weight excluding hydrogens is 396 g/mol. The van der Waals surface area contributed by atoms with Gasteiger partial charge in [0.25, 0.3) is 0 Å². The number of rotatable bonds is 9. The lowest BCUT2D eigenvalue weighted by Crippen LogP contribution is -2.07. The first-order valence-corrected chi connectivity index (χ1v) is 12.8. The highest BCUT2D eigenvalue weighted by atomic mass is 32.2. The van der Waals surface area contributed by atoms with E-state index in [1.165, 1.54) is 27.9 Å². The monoisotopic (exact) mass is 436 g/mol. The summed E-state index contributed by atoms with van der Waals surface area (Å²) in [6, 6.07) is 13.2. The molecule has 0 aliphatic heterocycles. The standard InChI is InChI=1S/C28H40N2S/c1-18(2)24-13-10-12-23(17-31-9)27(24)29-21(7)16-22(8)30-28-25(19(3)4)14-11-15-26(28)20(5)6/h10-16,18-20,30H,17H2,1-9H3. The molecule has 31 heavy (non-hydrogen) atoms. The molecule has 0 radical (unpaired) electrons. The average Bonchev–Trinajstić information content (AvgIpc) is 2.68. The van der Waals surface area contributed by atoms with Crippen molar-refractivity contribution in [2.45, 2.75) is 78.9 Å². The van der Waals surface area contributed by atoms with E-state index in [0.29, 0.717) is 17.8 Å². The molecule has 0 unspecified atom stereocenters. The van der Waals surface area contributed by atoms with Crippen molar-refractivity contribution >= 4 is 28.8 Å². The van der Waals surface area contributed by atoms with Gasteiger partial charge in [-0.2, -0.15) is 11.8 Å². The molecule has 0 aromatic heterocycles. The van der Waals surface area contributed by atoms with E-state index < -0.39 is 0 Å². The van der Waals surface area contributed by atoms with Gasteiger partial charge in [-0.15, -0.1) is 0 Å². The zero-order valence-corrected chi connectivity index (χ0v) is 21.7. The van der Waals surface area contributed by atoms with Crippen LogP contribution in [0.5, 0.6) is 0 Å². The summed E-state index contributed by atoms with van der Waals surface area (Å²) in [5.41, 5.74) is 9.88. The SMILES string of the molecule is CSCc1cccc(C(C)C)c1N=C(C)C=C(C)Nc1c(C(C)C)cccc1C(C)C. The summed E-state index contributed by atoms with van der Waals surface area (Å²) >= 11 is 1.84. The van der Waals surface area contributed by atoms with Crippen molar-refractivity contribution < 1.29 is 0 Å². The first-order valence-electron chi connectivity index (χ1n) is 11.4. The number of para-hydroxylation sites is 2. The summed E-state index contributed by atoms with van der Waals surface area (Å²) < 4.78 is 0. The van der Waals surface area contributed by atoms with E-state index in [1.807, 2.05) is 11.8 Å². The van der Waals surface area contributed by atoms with Gasteiger partial charge in [0.2, 0.25) is 0 Å². The van der Waals surface area contributed by atoms with Crippen LogP contribution >= 0.6 is 11.8 Å². The molecule has 0 aliphatic rings. The molecule has 0 heterocycles. The number of aliphatic imine (C=N–C) groups is 1. The third-order valence-corrected chi connectivity index (χ3v) is 6.08. The second kappa shape index (κ2) is 11.6. The molecule has 2 aromatic rings. The van der Waals surface area contributed by atoms with E-state index >= 15 is 0 Å². The number of allylic oxidation sites excluding steroid dienone is 2. The Morgan fingerprint density at radius 2 is 1.39 bits per heavy atom. The second-order valence-electron chi connectivity index (χ2n) is 9.27. The zero-order valence-electron chi connectivity index (χ0n) is 20.8. The van der Waals surface area contributed by atoms with Crippen molar-refractivity contribution in [2.24, 2.45) is 4.99 Å². The number of thioether (sulfide) groups is 1. The predicted octanol–water partition coefficient (Wildman–Crippen LogP) is 9.03. The van der Waals surface area contributed by atoms with Gasteiger partial charge in [0.15, 0.2) is 0 Å². The molecule has 0 spiro atoms. The van der Waals surface area contributed by atoms with Gasteiger partial charge in [0.05, 0.1) is 5.69 Å². The predicted molar refractivity (Wildman–Crippen MR) is 143 cm³/mol. The molecule has 2 rings (SSSR count). The molecule has 3 heteroatoms. The second-order valence-corrected chi connectivity index (χ2v) is 10.1. The Balaban J connectivity index is 2.44. The van der Waals surface area contributed by atoms with Crippen LogP contribution in [0.1, 0.15) is 95.4 Å². The molecule has 2 aromatic carbocycles. The number of nitrogens with one attached hydrogen (secondary N) is 1. The Labute approximate surface area is 194 Å². The molecule has 168 valence electrons. The summed E-state index contributed by atoms with van der Waals surface area (Å²) in [4.78, 5) is 5.08. The van der Waals surface area contributed by atoms with E-state index in [-0.39, 0.29) is 0 Å². The van der Waals surface area contributed by atoms with Crippen LogP contribution in [0, 0.1) is 0 Å². The van der Waals surface area contributed by atoms with E-state index in [1.54, 1.807) is 0 Å². The van der Waals surface area contributed by atoms with Gasteiger partial charge in [-0.05, 0) is 66.2 Å². The van der Waals surface area contributed by atoms with E-state index in [0.717, 1.165) is 22.8 Å². The van der Waals surface area contributed by atoms with Crippen LogP contribution in [-0.2, 0) is 5.75 Å². The molecule has 2 nitrogen and oxygen atoms in total. The van der Waals surface area contributed by atoms with Crippen LogP contribution in [0.25, 0.3) is 0 Å². The van der Waals surface area contributed by atoms with E-state index in [2.05, 4.69) is 109 Å². The van der Waals surface area contributed by atoms with Gasteiger partial charge in [0.1, 0.15) is 0 Å². The normalized spacial score (nSPS) is 12.9. The Bertz CT molecular complexity index is 910. The van der Waals surface area contributed by atoms with Gasteiger partial charge in [-0.3, -0.25) is 4.99 Å². The number of hydrogen-bond donors (Lipinski definition) is 1. The fourth-order valence-electron chi connectivity index (χ4n) is 3.94. The molecule has 0 fully saturated rings. The minimum absolute atomic E-state index is 0.447. The third-order valence-electron chi connectivity index (χ3n) is 5.48. The highest BCUT2D eigenvalue weighted by Gasteiger charge is 2.14. The molecule has 0 aliphatic carbocycles. The van der Waals surface area contributed by atoms with Crippen LogP contribution in [0.4, 0.5) is 11.4 Å². The van der Waals surface area contributed by atoms with Gasteiger partial charge >= 0.3 is 0 Å². The molecule has 0 saturated heterocycles. The lowest BCUT2D eigenvalue weighted by Gasteiger charge is -2.21. The minimum atomic E-state index is 0.447. The van der Waals surface area contributed by atoms with E-state index in [4.69, 9.17) is 4.99 Å². The van der Waals surface area contributed by atoms with Gasteiger partial charge in [-0.1, -0.05) is 77.9 Å². The lowest BCUT2D eigenvalue weighted by molar-refractivity contribution is 0.837. The number of hydrogen-bond acceptors (Lipinski definition) is 3. The van der Waals surface area contributed by atoms with E-state index in [9.17, 15) is 0 Å². The number of nitrogens with zero attached hydrogens (tertiary/aromatic N) is 1. The molecular formula is C28H40N2S. The highest BCUT2D eigenvalue weighted by Crippen LogP contribution is 2.34. The number of anilines is 1. The van der Waals surface area contributed by atoms with Crippen LogP contribution in [0.3, 0.4) is 0 Å².